The van der Waals surface area contributed by atoms with Crippen molar-refractivity contribution in [3.63, 3.8) is 0 Å². The highest BCUT2D eigenvalue weighted by Crippen LogP contribution is 2.09. The zero-order chi connectivity index (χ0) is 7.40. The molecule has 0 unspecified atom stereocenters. The smallest absolute Gasteiger partial charge is 0.0628 e. The third-order valence-electron chi connectivity index (χ3n) is 1.09. The lowest BCUT2D eigenvalue weighted by atomic mass is 10.3. The molecule has 0 bridgehead atoms. The Hall–Kier alpha value is -0.700. The van der Waals surface area contributed by atoms with Crippen molar-refractivity contribution >= 4 is 17.6 Å². The molecule has 0 fully saturated rings. The van der Waals surface area contributed by atoms with Crippen molar-refractivity contribution in [2.24, 2.45) is 0 Å². The van der Waals surface area contributed by atoms with E-state index in [4.69, 9.17) is 0 Å². The quantitative estimate of drug-likeness (QED) is 0.660. The molecule has 0 aliphatic carbocycles. The zero-order valence-corrected chi connectivity index (χ0v) is 6.90. The van der Waals surface area contributed by atoms with E-state index in [1.807, 2.05) is 25.6 Å². The third kappa shape index (κ3) is 1.92. The summed E-state index contributed by atoms with van der Waals surface area (Å²) < 4.78 is 3.10. The Bertz CT molecular complexity index is 213. The number of hydrogen-bond acceptors (Lipinski definition) is 3. The average molecular weight is 154 g/mol. The van der Waals surface area contributed by atoms with Crippen LogP contribution < -0.4 is 4.72 Å². The Kier molecular flexibility index (Phi) is 2.57. The van der Waals surface area contributed by atoms with Crippen LogP contribution in [-0.2, 0) is 0 Å². The van der Waals surface area contributed by atoms with Gasteiger partial charge in [-0.3, -0.25) is 4.98 Å². The van der Waals surface area contributed by atoms with E-state index in [0.29, 0.717) is 0 Å². The van der Waals surface area contributed by atoms with Crippen LogP contribution in [0.1, 0.15) is 5.56 Å². The fourth-order valence-electron chi connectivity index (χ4n) is 0.729. The maximum absolute atomic E-state index is 4.03. The maximum atomic E-state index is 4.03. The molecule has 0 atom stereocenters. The van der Waals surface area contributed by atoms with Gasteiger partial charge in [-0.2, -0.15) is 0 Å². The van der Waals surface area contributed by atoms with Crippen LogP contribution in [0.25, 0.3) is 0 Å². The van der Waals surface area contributed by atoms with E-state index in [1.54, 1.807) is 11.9 Å². The molecule has 2 nitrogen and oxygen atoms in total. The Morgan fingerprint density at radius 1 is 1.50 bits per heavy atom. The van der Waals surface area contributed by atoms with Crippen LogP contribution in [0.3, 0.4) is 0 Å². The number of nitrogens with one attached hydrogen (secondary N) is 1. The minimum absolute atomic E-state index is 1.06. The van der Waals surface area contributed by atoms with Gasteiger partial charge in [0, 0.05) is 12.5 Å². The summed E-state index contributed by atoms with van der Waals surface area (Å²) in [5.41, 5.74) is 2.24. The Morgan fingerprint density at radius 2 is 2.30 bits per heavy atom. The summed E-state index contributed by atoms with van der Waals surface area (Å²) in [6.45, 7) is 2.03. The number of hydrogen-bond donors (Lipinski definition) is 1. The third-order valence-corrected chi connectivity index (χ3v) is 1.53. The predicted octanol–water partition coefficient (Wildman–Crippen LogP) is 2.08. The second kappa shape index (κ2) is 3.46. The molecule has 0 radical (unpaired) electrons. The molecule has 54 valence electrons. The summed E-state index contributed by atoms with van der Waals surface area (Å²) in [5.74, 6) is 0. The Morgan fingerprint density at radius 3 is 2.90 bits per heavy atom. The summed E-state index contributed by atoms with van der Waals surface area (Å²) in [7, 11) is 0. The van der Waals surface area contributed by atoms with Crippen LogP contribution in [0.5, 0.6) is 0 Å². The van der Waals surface area contributed by atoms with Gasteiger partial charge in [0.2, 0.25) is 0 Å². The first-order valence-electron chi connectivity index (χ1n) is 3.03. The van der Waals surface area contributed by atoms with Crippen molar-refractivity contribution in [2.45, 2.75) is 6.92 Å². The van der Waals surface area contributed by atoms with E-state index < -0.39 is 0 Å². The average Bonchev–Trinajstić information content (AvgIpc) is 1.88. The molecule has 3 heteroatoms. The number of aromatic nitrogens is 1. The van der Waals surface area contributed by atoms with Gasteiger partial charge in [0.1, 0.15) is 0 Å². The second-order valence-corrected chi connectivity index (χ2v) is 2.67. The fraction of sp³-hybridized carbons (Fsp3) is 0.286. The van der Waals surface area contributed by atoms with Gasteiger partial charge >= 0.3 is 0 Å². The Labute approximate surface area is 65.2 Å². The Balaban J connectivity index is 2.75. The number of pyridine rings is 1. The van der Waals surface area contributed by atoms with Crippen molar-refractivity contribution in [1.29, 1.82) is 0 Å². The minimum Gasteiger partial charge on any atom is -0.329 e. The minimum atomic E-state index is 1.06. The van der Waals surface area contributed by atoms with Crippen molar-refractivity contribution in [1.82, 2.24) is 4.98 Å². The van der Waals surface area contributed by atoms with Gasteiger partial charge in [0.15, 0.2) is 0 Å². The van der Waals surface area contributed by atoms with Crippen LogP contribution in [0.2, 0.25) is 0 Å². The summed E-state index contributed by atoms with van der Waals surface area (Å²) in [6, 6.07) is 2.06. The molecular formula is C7H10N2S. The first kappa shape index (κ1) is 7.41. The molecule has 1 N–H and O–H groups in total. The molecule has 1 heterocycles. The van der Waals surface area contributed by atoms with Gasteiger partial charge in [-0.25, -0.2) is 0 Å². The highest BCUT2D eigenvalue weighted by Gasteiger charge is 1.88. The van der Waals surface area contributed by atoms with Crippen LogP contribution in [0.15, 0.2) is 18.5 Å². The molecule has 0 aromatic carbocycles. The molecule has 1 rings (SSSR count). The largest absolute Gasteiger partial charge is 0.329 e. The molecular weight excluding hydrogens is 144 g/mol. The first-order valence-corrected chi connectivity index (χ1v) is 4.26. The summed E-state index contributed by atoms with van der Waals surface area (Å²) in [4.78, 5) is 4.03. The van der Waals surface area contributed by atoms with Gasteiger partial charge in [0.05, 0.1) is 11.9 Å². The normalized spacial score (nSPS) is 9.40. The standard InChI is InChI=1S/C7H10N2S/c1-6-3-7(9-10-2)5-8-4-6/h3-5,9H,1-2H3. The van der Waals surface area contributed by atoms with Gasteiger partial charge in [0.25, 0.3) is 0 Å². The van der Waals surface area contributed by atoms with Crippen molar-refractivity contribution in [3.05, 3.63) is 24.0 Å². The van der Waals surface area contributed by atoms with E-state index in [1.165, 1.54) is 5.56 Å². The molecule has 0 aliphatic rings. The molecule has 0 aliphatic heterocycles. The van der Waals surface area contributed by atoms with Crippen LogP contribution in [0, 0.1) is 6.92 Å². The molecule has 0 saturated carbocycles. The topological polar surface area (TPSA) is 24.9 Å². The van der Waals surface area contributed by atoms with Crippen molar-refractivity contribution < 1.29 is 0 Å². The number of aryl methyl sites for hydroxylation is 1. The molecule has 0 spiro atoms. The molecule has 1 aromatic rings. The van der Waals surface area contributed by atoms with E-state index in [-0.39, 0.29) is 0 Å². The monoisotopic (exact) mass is 154 g/mol. The lowest BCUT2D eigenvalue weighted by Gasteiger charge is -2.00. The van der Waals surface area contributed by atoms with Crippen molar-refractivity contribution in [3.8, 4) is 0 Å². The van der Waals surface area contributed by atoms with Crippen LogP contribution in [0.4, 0.5) is 5.69 Å². The van der Waals surface area contributed by atoms with E-state index in [9.17, 15) is 0 Å². The second-order valence-electron chi connectivity index (χ2n) is 2.06. The number of nitrogens with zero attached hydrogens (tertiary/aromatic N) is 1. The predicted molar refractivity (Wildman–Crippen MR) is 46.1 cm³/mol. The van der Waals surface area contributed by atoms with Gasteiger partial charge in [-0.15, -0.1) is 0 Å². The van der Waals surface area contributed by atoms with E-state index in [0.717, 1.165) is 5.69 Å². The first-order chi connectivity index (χ1) is 4.83. The summed E-state index contributed by atoms with van der Waals surface area (Å²) in [5, 5.41) is 0. The maximum Gasteiger partial charge on any atom is 0.0628 e. The molecule has 0 amide bonds. The van der Waals surface area contributed by atoms with E-state index >= 15 is 0 Å². The lowest BCUT2D eigenvalue weighted by Crippen LogP contribution is -1.86. The van der Waals surface area contributed by atoms with Crippen LogP contribution in [-0.4, -0.2) is 11.2 Å². The molecule has 10 heavy (non-hydrogen) atoms. The highest BCUT2D eigenvalue weighted by atomic mass is 32.2. The van der Waals surface area contributed by atoms with Gasteiger partial charge in [-0.1, -0.05) is 11.9 Å². The number of rotatable bonds is 2. The van der Waals surface area contributed by atoms with Gasteiger partial charge < -0.3 is 4.72 Å². The SMILES string of the molecule is CSNc1cncc(C)c1. The summed E-state index contributed by atoms with van der Waals surface area (Å²) >= 11 is 1.57. The van der Waals surface area contributed by atoms with E-state index in [2.05, 4.69) is 15.8 Å². The molecule has 0 saturated heterocycles. The molecule has 1 aromatic heterocycles. The number of anilines is 1. The lowest BCUT2D eigenvalue weighted by molar-refractivity contribution is 1.27. The fourth-order valence-corrected chi connectivity index (χ4v) is 1.08. The summed E-state index contributed by atoms with van der Waals surface area (Å²) in [6.07, 6.45) is 5.64. The van der Waals surface area contributed by atoms with Gasteiger partial charge in [-0.05, 0) is 18.6 Å². The van der Waals surface area contributed by atoms with Crippen molar-refractivity contribution in [2.75, 3.05) is 11.0 Å². The van der Waals surface area contributed by atoms with Crippen LogP contribution >= 0.6 is 11.9 Å². The highest BCUT2D eigenvalue weighted by molar-refractivity contribution is 7.99. The zero-order valence-electron chi connectivity index (χ0n) is 6.09.